The molecular weight excluding hydrogens is 541 g/mol. The minimum Gasteiger partial charge on any atom is -0.334 e. The van der Waals surface area contributed by atoms with Crippen LogP contribution in [0.25, 0.3) is 0 Å². The lowest BCUT2D eigenvalue weighted by atomic mass is 9.91. The average molecular weight is 562 g/mol. The number of carbonyl (C=O) groups excluding carboxylic acids is 1. The molecule has 3 aromatic carbocycles. The Morgan fingerprint density at radius 2 is 1.77 bits per heavy atom. The number of aryl methyl sites for hydroxylation is 1. The highest BCUT2D eigenvalue weighted by Crippen LogP contribution is 2.37. The fourth-order valence-corrected chi connectivity index (χ4v) is 4.25. The molecule has 0 fully saturated rings. The van der Waals surface area contributed by atoms with Gasteiger partial charge in [-0.05, 0) is 47.4 Å². The molecule has 1 atom stereocenters. The third-order valence-electron chi connectivity index (χ3n) is 5.77. The van der Waals surface area contributed by atoms with E-state index in [0.29, 0.717) is 21.8 Å². The fraction of sp³-hybridized carbons (Fsp3) is 0.111. The first-order valence-corrected chi connectivity index (χ1v) is 12.3. The summed E-state index contributed by atoms with van der Waals surface area (Å²) in [4.78, 5) is 31.5. The summed E-state index contributed by atoms with van der Waals surface area (Å²) in [5.41, 5.74) is 7.65. The van der Waals surface area contributed by atoms with Gasteiger partial charge in [0.1, 0.15) is 6.33 Å². The monoisotopic (exact) mass is 561 g/mol. The van der Waals surface area contributed by atoms with Gasteiger partial charge in [0.2, 0.25) is 17.5 Å². The molecule has 1 unspecified atom stereocenters. The number of aromatic nitrogens is 2. The van der Waals surface area contributed by atoms with Crippen molar-refractivity contribution >= 4 is 52.1 Å². The van der Waals surface area contributed by atoms with E-state index in [1.807, 2.05) is 18.2 Å². The highest BCUT2D eigenvalue weighted by atomic mass is 35.5. The van der Waals surface area contributed by atoms with Crippen LogP contribution < -0.4 is 16.2 Å². The molecular formula is C27H21Cl2N7O3. The summed E-state index contributed by atoms with van der Waals surface area (Å²) in [6.45, 7) is 1.77. The van der Waals surface area contributed by atoms with Crippen LogP contribution in [-0.2, 0) is 11.2 Å². The van der Waals surface area contributed by atoms with Crippen molar-refractivity contribution in [3.05, 3.63) is 115 Å². The second-order valence-electron chi connectivity index (χ2n) is 8.44. The molecule has 0 radical (unpaired) electrons. The van der Waals surface area contributed by atoms with Crippen molar-refractivity contribution in [2.24, 2.45) is 0 Å². The summed E-state index contributed by atoms with van der Waals surface area (Å²) in [7, 11) is 0. The Morgan fingerprint density at radius 3 is 2.44 bits per heavy atom. The zero-order chi connectivity index (χ0) is 27.9. The fourth-order valence-electron chi connectivity index (χ4n) is 3.86. The van der Waals surface area contributed by atoms with Gasteiger partial charge in [-0.3, -0.25) is 25.8 Å². The lowest BCUT2D eigenvalue weighted by Crippen LogP contribution is -2.31. The second kappa shape index (κ2) is 12.2. The van der Waals surface area contributed by atoms with E-state index in [0.717, 1.165) is 17.5 Å². The molecule has 0 aliphatic carbocycles. The number of carbonyl (C=O) groups is 1. The molecule has 39 heavy (non-hydrogen) atoms. The number of hydrogen-bond donors (Lipinski definition) is 3. The van der Waals surface area contributed by atoms with Crippen LogP contribution in [0.15, 0.2) is 73.1 Å². The Balaban J connectivity index is 1.57. The van der Waals surface area contributed by atoms with E-state index >= 15 is 0 Å². The van der Waals surface area contributed by atoms with Crippen LogP contribution in [0.1, 0.15) is 28.2 Å². The van der Waals surface area contributed by atoms with E-state index in [2.05, 4.69) is 32.2 Å². The van der Waals surface area contributed by atoms with Crippen LogP contribution in [0, 0.1) is 28.4 Å². The number of nitrogens with one attached hydrogen (secondary N) is 3. The molecule has 4 rings (SSSR count). The molecule has 0 aliphatic rings. The number of benzene rings is 3. The maximum Gasteiger partial charge on any atom is 0.355 e. The lowest BCUT2D eigenvalue weighted by molar-refractivity contribution is -0.383. The number of amides is 1. The Bertz CT molecular complexity index is 1560. The zero-order valence-electron chi connectivity index (χ0n) is 20.5. The van der Waals surface area contributed by atoms with Crippen molar-refractivity contribution in [1.29, 1.82) is 5.26 Å². The number of rotatable bonds is 9. The predicted octanol–water partition coefficient (Wildman–Crippen LogP) is 6.08. The Morgan fingerprint density at radius 1 is 1.08 bits per heavy atom. The van der Waals surface area contributed by atoms with Gasteiger partial charge in [0, 0.05) is 15.7 Å². The topological polar surface area (TPSA) is 146 Å². The first-order valence-electron chi connectivity index (χ1n) is 11.6. The van der Waals surface area contributed by atoms with Crippen molar-refractivity contribution in [2.45, 2.75) is 19.3 Å². The minimum absolute atomic E-state index is 0.0710. The van der Waals surface area contributed by atoms with E-state index in [1.54, 1.807) is 55.5 Å². The van der Waals surface area contributed by atoms with Gasteiger partial charge < -0.3 is 5.32 Å². The summed E-state index contributed by atoms with van der Waals surface area (Å²) in [5.74, 6) is -1.37. The molecule has 1 aromatic heterocycles. The molecule has 12 heteroatoms. The molecule has 0 aliphatic heterocycles. The number of halogens is 2. The van der Waals surface area contributed by atoms with E-state index in [4.69, 9.17) is 23.2 Å². The average Bonchev–Trinajstić information content (AvgIpc) is 2.92. The number of nitrogens with zero attached hydrogens (tertiary/aromatic N) is 4. The standard InChI is InChI=1S/C27H21Cl2N7O3/c1-16-11-20(21(14-30)18-7-9-19(28)10-8-18)22(29)13-23(16)33-26-25(36(38)39)27(32-15-31-26)35-34-24(37)12-17-5-3-2-4-6-17/h2-11,13,15,21H,12H2,1H3,(H,34,37)(H2,31,32,33,35). The first-order chi connectivity index (χ1) is 18.8. The van der Waals surface area contributed by atoms with Crippen LogP contribution >= 0.6 is 23.2 Å². The van der Waals surface area contributed by atoms with E-state index in [1.165, 1.54) is 0 Å². The van der Waals surface area contributed by atoms with E-state index < -0.39 is 22.4 Å². The van der Waals surface area contributed by atoms with Crippen molar-refractivity contribution in [3.8, 4) is 6.07 Å². The maximum atomic E-state index is 12.3. The van der Waals surface area contributed by atoms with Crippen molar-refractivity contribution in [1.82, 2.24) is 15.4 Å². The molecule has 0 bridgehead atoms. The number of nitro groups is 1. The maximum absolute atomic E-state index is 12.3. The molecule has 196 valence electrons. The smallest absolute Gasteiger partial charge is 0.334 e. The highest BCUT2D eigenvalue weighted by Gasteiger charge is 2.25. The summed E-state index contributed by atoms with van der Waals surface area (Å²) < 4.78 is 0. The van der Waals surface area contributed by atoms with Gasteiger partial charge in [-0.25, -0.2) is 9.97 Å². The summed E-state index contributed by atoms with van der Waals surface area (Å²) in [6, 6.07) is 21.5. The van der Waals surface area contributed by atoms with Crippen LogP contribution in [-0.4, -0.2) is 20.8 Å². The predicted molar refractivity (Wildman–Crippen MR) is 149 cm³/mol. The number of hydrazine groups is 1. The molecule has 3 N–H and O–H groups in total. The number of hydrogen-bond acceptors (Lipinski definition) is 8. The summed E-state index contributed by atoms with van der Waals surface area (Å²) in [5, 5.41) is 25.5. The second-order valence-corrected chi connectivity index (χ2v) is 9.28. The van der Waals surface area contributed by atoms with Gasteiger partial charge in [-0.2, -0.15) is 5.26 Å². The van der Waals surface area contributed by atoms with Crippen LogP contribution in [0.5, 0.6) is 0 Å². The Hall–Kier alpha value is -4.72. The van der Waals surface area contributed by atoms with Crippen molar-refractivity contribution in [2.75, 3.05) is 10.7 Å². The molecule has 4 aromatic rings. The first kappa shape index (κ1) is 27.3. The van der Waals surface area contributed by atoms with Gasteiger partial charge in [-0.15, -0.1) is 0 Å². The molecule has 1 heterocycles. The molecule has 0 spiro atoms. The molecule has 0 saturated heterocycles. The van der Waals surface area contributed by atoms with Gasteiger partial charge in [0.05, 0.1) is 23.3 Å². The minimum atomic E-state index is -0.661. The Kier molecular flexibility index (Phi) is 8.56. The molecule has 10 nitrogen and oxygen atoms in total. The largest absolute Gasteiger partial charge is 0.355 e. The zero-order valence-corrected chi connectivity index (χ0v) is 22.0. The van der Waals surface area contributed by atoms with Gasteiger partial charge >= 0.3 is 5.69 Å². The molecule has 1 amide bonds. The van der Waals surface area contributed by atoms with Gasteiger partial charge in [-0.1, -0.05) is 71.7 Å². The molecule has 0 saturated carbocycles. The SMILES string of the molecule is Cc1cc(C(C#N)c2ccc(Cl)cc2)c(Cl)cc1Nc1ncnc(NNC(=O)Cc2ccccc2)c1[N+](=O)[O-]. The van der Waals surface area contributed by atoms with Gasteiger partial charge in [0.15, 0.2) is 0 Å². The number of anilines is 3. The lowest BCUT2D eigenvalue weighted by Gasteiger charge is -2.17. The van der Waals surface area contributed by atoms with E-state index in [-0.39, 0.29) is 23.1 Å². The van der Waals surface area contributed by atoms with Crippen LogP contribution in [0.2, 0.25) is 10.0 Å². The van der Waals surface area contributed by atoms with Crippen molar-refractivity contribution in [3.63, 3.8) is 0 Å². The Labute approximate surface area is 233 Å². The normalized spacial score (nSPS) is 11.2. The number of nitriles is 1. The highest BCUT2D eigenvalue weighted by molar-refractivity contribution is 6.32. The third kappa shape index (κ3) is 6.59. The van der Waals surface area contributed by atoms with Gasteiger partial charge in [0.25, 0.3) is 0 Å². The quantitative estimate of drug-likeness (QED) is 0.164. The van der Waals surface area contributed by atoms with Crippen molar-refractivity contribution < 1.29 is 9.72 Å². The summed E-state index contributed by atoms with van der Waals surface area (Å²) in [6.07, 6.45) is 1.19. The van der Waals surface area contributed by atoms with Crippen LogP contribution in [0.3, 0.4) is 0 Å². The van der Waals surface area contributed by atoms with Crippen LogP contribution in [0.4, 0.5) is 23.0 Å². The summed E-state index contributed by atoms with van der Waals surface area (Å²) >= 11 is 12.5. The van der Waals surface area contributed by atoms with E-state index in [9.17, 15) is 20.2 Å². The third-order valence-corrected chi connectivity index (χ3v) is 6.35.